The van der Waals surface area contributed by atoms with Crippen LogP contribution in [0.2, 0.25) is 0 Å². The highest BCUT2D eigenvalue weighted by Crippen LogP contribution is 2.20. The lowest BCUT2D eigenvalue weighted by atomic mass is 10.1. The van der Waals surface area contributed by atoms with E-state index in [9.17, 15) is 9.18 Å². The van der Waals surface area contributed by atoms with Crippen molar-refractivity contribution in [2.75, 3.05) is 0 Å². The maximum Gasteiger partial charge on any atom is 0.255 e. The van der Waals surface area contributed by atoms with E-state index in [1.807, 2.05) is 6.92 Å². The van der Waals surface area contributed by atoms with Crippen molar-refractivity contribution in [2.24, 2.45) is 7.05 Å². The largest absolute Gasteiger partial charge is 0.340 e. The minimum Gasteiger partial charge on any atom is -0.340 e. The molecule has 3 rings (SSSR count). The first-order chi connectivity index (χ1) is 11.9. The van der Waals surface area contributed by atoms with E-state index in [2.05, 4.69) is 20.6 Å². The van der Waals surface area contributed by atoms with Gasteiger partial charge < -0.3 is 9.84 Å². The molecule has 0 saturated carbocycles. The fourth-order valence-electron chi connectivity index (χ4n) is 2.59. The number of nitrogens with one attached hydrogen (secondary N) is 1. The Labute approximate surface area is 143 Å². The number of rotatable bonds is 4. The van der Waals surface area contributed by atoms with Crippen LogP contribution >= 0.6 is 0 Å². The average molecular weight is 343 g/mol. The molecule has 8 heteroatoms. The summed E-state index contributed by atoms with van der Waals surface area (Å²) >= 11 is 0. The van der Waals surface area contributed by atoms with Crippen LogP contribution in [0.5, 0.6) is 0 Å². The number of aromatic nitrogens is 4. The van der Waals surface area contributed by atoms with Crippen molar-refractivity contribution in [3.05, 3.63) is 52.9 Å². The number of hydrogen-bond donors (Lipinski definition) is 1. The molecule has 0 aliphatic heterocycles. The molecule has 0 spiro atoms. The van der Waals surface area contributed by atoms with Gasteiger partial charge in [-0.3, -0.25) is 9.48 Å². The summed E-state index contributed by atoms with van der Waals surface area (Å²) in [5, 5.41) is 10.9. The first kappa shape index (κ1) is 16.8. The lowest BCUT2D eigenvalue weighted by Gasteiger charge is -2.09. The fourth-order valence-corrected chi connectivity index (χ4v) is 2.59. The average Bonchev–Trinajstić information content (AvgIpc) is 3.13. The molecular formula is C17H18FN5O2. The van der Waals surface area contributed by atoms with E-state index < -0.39 is 6.04 Å². The molecule has 0 fully saturated rings. The molecule has 0 saturated heterocycles. The zero-order valence-corrected chi connectivity index (χ0v) is 14.4. The summed E-state index contributed by atoms with van der Waals surface area (Å²) in [6.07, 6.45) is 0. The molecule has 1 unspecified atom stereocenters. The fraction of sp³-hybridized carbons (Fsp3) is 0.294. The molecule has 7 nitrogen and oxygen atoms in total. The maximum atomic E-state index is 13.3. The smallest absolute Gasteiger partial charge is 0.255 e. The lowest BCUT2D eigenvalue weighted by Crippen LogP contribution is -2.27. The molecule has 130 valence electrons. The molecule has 0 aliphatic carbocycles. The third-order valence-corrected chi connectivity index (χ3v) is 3.98. The van der Waals surface area contributed by atoms with Gasteiger partial charge in [-0.05, 0) is 32.9 Å². The van der Waals surface area contributed by atoms with Crippen molar-refractivity contribution in [3.8, 4) is 11.4 Å². The Kier molecular flexibility index (Phi) is 4.35. The highest BCUT2D eigenvalue weighted by atomic mass is 19.1. The van der Waals surface area contributed by atoms with Gasteiger partial charge in [0.15, 0.2) is 0 Å². The number of carbonyl (C=O) groups excluding carboxylic acids is 1. The zero-order chi connectivity index (χ0) is 18.1. The number of halogens is 1. The van der Waals surface area contributed by atoms with Crippen LogP contribution in [0.15, 0.2) is 28.8 Å². The Bertz CT molecular complexity index is 931. The van der Waals surface area contributed by atoms with E-state index in [1.54, 1.807) is 37.7 Å². The summed E-state index contributed by atoms with van der Waals surface area (Å²) in [4.78, 5) is 16.7. The second kappa shape index (κ2) is 6.46. The van der Waals surface area contributed by atoms with Gasteiger partial charge in [0.1, 0.15) is 11.9 Å². The van der Waals surface area contributed by atoms with Gasteiger partial charge in [-0.1, -0.05) is 17.3 Å². The van der Waals surface area contributed by atoms with Gasteiger partial charge in [-0.2, -0.15) is 10.1 Å². The van der Waals surface area contributed by atoms with Gasteiger partial charge in [-0.25, -0.2) is 4.39 Å². The Morgan fingerprint density at radius 3 is 2.76 bits per heavy atom. The Balaban J connectivity index is 1.78. The van der Waals surface area contributed by atoms with Crippen LogP contribution in [0.4, 0.5) is 4.39 Å². The van der Waals surface area contributed by atoms with Crippen LogP contribution in [-0.2, 0) is 7.05 Å². The summed E-state index contributed by atoms with van der Waals surface area (Å²) in [7, 11) is 1.78. The Morgan fingerprint density at radius 2 is 2.12 bits per heavy atom. The molecule has 1 aromatic carbocycles. The molecule has 3 aromatic rings. The van der Waals surface area contributed by atoms with Gasteiger partial charge in [-0.15, -0.1) is 0 Å². The van der Waals surface area contributed by atoms with Crippen molar-refractivity contribution in [2.45, 2.75) is 26.8 Å². The third kappa shape index (κ3) is 3.28. The van der Waals surface area contributed by atoms with E-state index >= 15 is 0 Å². The number of carbonyl (C=O) groups is 1. The zero-order valence-electron chi connectivity index (χ0n) is 14.4. The van der Waals surface area contributed by atoms with Crippen molar-refractivity contribution < 1.29 is 13.7 Å². The molecular weight excluding hydrogens is 325 g/mol. The van der Waals surface area contributed by atoms with Crippen molar-refractivity contribution >= 4 is 5.91 Å². The van der Waals surface area contributed by atoms with Crippen LogP contribution in [0, 0.1) is 19.7 Å². The minimum absolute atomic E-state index is 0.242. The van der Waals surface area contributed by atoms with Crippen LogP contribution in [0.3, 0.4) is 0 Å². The SMILES string of the molecule is Cc1nn(C)c(C)c1C(=O)NC(C)c1nc(-c2cccc(F)c2)no1. The lowest BCUT2D eigenvalue weighted by molar-refractivity contribution is 0.0931. The molecule has 2 heterocycles. The molecule has 0 bridgehead atoms. The third-order valence-electron chi connectivity index (χ3n) is 3.98. The molecule has 2 aromatic heterocycles. The van der Waals surface area contributed by atoms with Crippen LogP contribution in [0.25, 0.3) is 11.4 Å². The summed E-state index contributed by atoms with van der Waals surface area (Å²) in [5.41, 5.74) is 2.45. The van der Waals surface area contributed by atoms with Crippen molar-refractivity contribution in [3.63, 3.8) is 0 Å². The molecule has 1 amide bonds. The number of hydrogen-bond acceptors (Lipinski definition) is 5. The second-order valence-corrected chi connectivity index (χ2v) is 5.83. The van der Waals surface area contributed by atoms with E-state index in [0.29, 0.717) is 16.8 Å². The van der Waals surface area contributed by atoms with Crippen LogP contribution in [0.1, 0.15) is 40.6 Å². The predicted molar refractivity (Wildman–Crippen MR) is 88.3 cm³/mol. The summed E-state index contributed by atoms with van der Waals surface area (Å²) in [5.74, 6) is -0.134. The molecule has 25 heavy (non-hydrogen) atoms. The standard InChI is InChI=1S/C17H18FN5O2/c1-9-14(11(3)23(4)21-9)16(24)19-10(2)17-20-15(22-25-17)12-6-5-7-13(18)8-12/h5-8,10H,1-4H3,(H,19,24). The highest BCUT2D eigenvalue weighted by Gasteiger charge is 2.22. The summed E-state index contributed by atoms with van der Waals surface area (Å²) in [6.45, 7) is 5.34. The minimum atomic E-state index is -0.499. The molecule has 1 N–H and O–H groups in total. The normalized spacial score (nSPS) is 12.2. The Hall–Kier alpha value is -3.03. The van der Waals surface area contributed by atoms with Crippen molar-refractivity contribution in [1.82, 2.24) is 25.2 Å². The number of benzene rings is 1. The number of aryl methyl sites for hydroxylation is 2. The molecule has 0 radical (unpaired) electrons. The van der Waals surface area contributed by atoms with Crippen LogP contribution < -0.4 is 5.32 Å². The number of amides is 1. The summed E-state index contributed by atoms with van der Waals surface area (Å²) in [6, 6.07) is 5.41. The topological polar surface area (TPSA) is 85.8 Å². The van der Waals surface area contributed by atoms with Crippen molar-refractivity contribution in [1.29, 1.82) is 0 Å². The predicted octanol–water partition coefficient (Wildman–Crippen LogP) is 2.72. The van der Waals surface area contributed by atoms with E-state index in [4.69, 9.17) is 4.52 Å². The first-order valence-corrected chi connectivity index (χ1v) is 7.77. The van der Waals surface area contributed by atoms with Gasteiger partial charge >= 0.3 is 0 Å². The van der Waals surface area contributed by atoms with E-state index in [-0.39, 0.29) is 23.4 Å². The summed E-state index contributed by atoms with van der Waals surface area (Å²) < 4.78 is 20.2. The first-order valence-electron chi connectivity index (χ1n) is 7.77. The van der Waals surface area contributed by atoms with Gasteiger partial charge in [0, 0.05) is 18.3 Å². The Morgan fingerprint density at radius 1 is 1.36 bits per heavy atom. The maximum absolute atomic E-state index is 13.3. The number of nitrogens with zero attached hydrogens (tertiary/aromatic N) is 4. The van der Waals surface area contributed by atoms with Gasteiger partial charge in [0.05, 0.1) is 11.3 Å². The van der Waals surface area contributed by atoms with Crippen LogP contribution in [-0.4, -0.2) is 25.8 Å². The molecule has 0 aliphatic rings. The van der Waals surface area contributed by atoms with Gasteiger partial charge in [0.2, 0.25) is 11.7 Å². The van der Waals surface area contributed by atoms with E-state index in [0.717, 1.165) is 5.69 Å². The molecule has 1 atom stereocenters. The quantitative estimate of drug-likeness (QED) is 0.787. The van der Waals surface area contributed by atoms with E-state index in [1.165, 1.54) is 12.1 Å². The monoisotopic (exact) mass is 343 g/mol. The second-order valence-electron chi connectivity index (χ2n) is 5.83. The van der Waals surface area contributed by atoms with Gasteiger partial charge in [0.25, 0.3) is 5.91 Å². The highest BCUT2D eigenvalue weighted by molar-refractivity contribution is 5.96.